The number of nitrogens with two attached hydrogens (primary N) is 1. The van der Waals surface area contributed by atoms with Crippen molar-refractivity contribution in [1.29, 1.82) is 0 Å². The van der Waals surface area contributed by atoms with E-state index in [-0.39, 0.29) is 27.9 Å². The summed E-state index contributed by atoms with van der Waals surface area (Å²) < 4.78 is 33.3. The van der Waals surface area contributed by atoms with Gasteiger partial charge in [0.15, 0.2) is 0 Å². The molecule has 31 heavy (non-hydrogen) atoms. The number of hydrogen-bond acceptors (Lipinski definition) is 7. The second-order valence-electron chi connectivity index (χ2n) is 7.97. The number of nitrogens with one attached hydrogen (secondary N) is 2. The third-order valence-electron chi connectivity index (χ3n) is 5.18. The molecule has 1 heterocycles. The van der Waals surface area contributed by atoms with Gasteiger partial charge in [-0.2, -0.15) is 4.98 Å². The van der Waals surface area contributed by atoms with Gasteiger partial charge in [-0.05, 0) is 56.2 Å². The minimum atomic E-state index is -3.85. The molecule has 4 N–H and O–H groups in total. The van der Waals surface area contributed by atoms with Gasteiger partial charge in [0.1, 0.15) is 0 Å². The van der Waals surface area contributed by atoms with Crippen LogP contribution in [0.4, 0.5) is 11.4 Å². The van der Waals surface area contributed by atoms with Gasteiger partial charge in [0.2, 0.25) is 17.6 Å². The standard InChI is InChI=1S/C21H23N5O4S/c1-13(22)19-24-18(25-30-19)14-4-3-5-17(12-14)31(28,29)26-16-8-6-15(7-9-16)23-20(27)21(2)10-11-21/h3-9,12-13,26H,10-11,22H2,1-2H3,(H,23,27). The largest absolute Gasteiger partial charge is 0.337 e. The Balaban J connectivity index is 1.49. The summed E-state index contributed by atoms with van der Waals surface area (Å²) in [6.45, 7) is 3.63. The summed E-state index contributed by atoms with van der Waals surface area (Å²) >= 11 is 0. The second-order valence-corrected chi connectivity index (χ2v) is 9.65. The fourth-order valence-electron chi connectivity index (χ4n) is 2.87. The molecule has 9 nitrogen and oxygen atoms in total. The zero-order valence-electron chi connectivity index (χ0n) is 17.1. The van der Waals surface area contributed by atoms with E-state index in [0.717, 1.165) is 12.8 Å². The first-order valence-corrected chi connectivity index (χ1v) is 11.3. The van der Waals surface area contributed by atoms with Crippen molar-refractivity contribution in [2.24, 2.45) is 11.1 Å². The van der Waals surface area contributed by atoms with Gasteiger partial charge >= 0.3 is 0 Å². The van der Waals surface area contributed by atoms with Gasteiger partial charge in [0.05, 0.1) is 10.9 Å². The summed E-state index contributed by atoms with van der Waals surface area (Å²) in [5.74, 6) is 0.504. The van der Waals surface area contributed by atoms with Gasteiger partial charge in [0, 0.05) is 22.4 Å². The molecule has 1 unspecified atom stereocenters. The van der Waals surface area contributed by atoms with Crippen molar-refractivity contribution in [2.75, 3.05) is 10.0 Å². The molecule has 1 aromatic heterocycles. The fraction of sp³-hybridized carbons (Fsp3) is 0.286. The molecule has 0 bridgehead atoms. The molecule has 10 heteroatoms. The van der Waals surface area contributed by atoms with Crippen molar-refractivity contribution in [3.05, 3.63) is 54.4 Å². The van der Waals surface area contributed by atoms with Crippen LogP contribution in [0.3, 0.4) is 0 Å². The Morgan fingerprint density at radius 2 is 1.84 bits per heavy atom. The number of anilines is 2. The number of benzene rings is 2. The number of rotatable bonds is 7. The highest BCUT2D eigenvalue weighted by atomic mass is 32.2. The molecule has 0 aliphatic heterocycles. The number of sulfonamides is 1. The third-order valence-corrected chi connectivity index (χ3v) is 6.56. The van der Waals surface area contributed by atoms with E-state index in [2.05, 4.69) is 20.2 Å². The lowest BCUT2D eigenvalue weighted by molar-refractivity contribution is -0.120. The molecular weight excluding hydrogens is 418 g/mol. The van der Waals surface area contributed by atoms with Gasteiger partial charge < -0.3 is 15.6 Å². The number of aromatic nitrogens is 2. The Bertz CT molecular complexity index is 1210. The maximum absolute atomic E-state index is 12.8. The van der Waals surface area contributed by atoms with Crippen molar-refractivity contribution in [3.63, 3.8) is 0 Å². The fourth-order valence-corrected chi connectivity index (χ4v) is 3.98. The molecule has 0 saturated heterocycles. The molecule has 2 aromatic carbocycles. The lowest BCUT2D eigenvalue weighted by Crippen LogP contribution is -2.21. The van der Waals surface area contributed by atoms with E-state index in [4.69, 9.17) is 10.3 Å². The Morgan fingerprint density at radius 3 is 2.45 bits per heavy atom. The molecule has 1 atom stereocenters. The van der Waals surface area contributed by atoms with Crippen molar-refractivity contribution >= 4 is 27.3 Å². The van der Waals surface area contributed by atoms with Crippen LogP contribution in [0.1, 0.15) is 38.6 Å². The predicted octanol–water partition coefficient (Wildman–Crippen LogP) is 3.30. The van der Waals surface area contributed by atoms with E-state index < -0.39 is 16.1 Å². The summed E-state index contributed by atoms with van der Waals surface area (Å²) in [5.41, 5.74) is 6.92. The van der Waals surface area contributed by atoms with E-state index in [1.165, 1.54) is 12.1 Å². The molecule has 3 aromatic rings. The van der Waals surface area contributed by atoms with Crippen molar-refractivity contribution in [2.45, 2.75) is 37.6 Å². The highest BCUT2D eigenvalue weighted by Crippen LogP contribution is 2.45. The first-order valence-electron chi connectivity index (χ1n) is 9.80. The highest BCUT2D eigenvalue weighted by molar-refractivity contribution is 7.92. The minimum Gasteiger partial charge on any atom is -0.337 e. The maximum Gasteiger partial charge on any atom is 0.261 e. The Morgan fingerprint density at radius 1 is 1.16 bits per heavy atom. The summed E-state index contributed by atoms with van der Waals surface area (Å²) in [4.78, 5) is 16.4. The predicted molar refractivity (Wildman–Crippen MR) is 116 cm³/mol. The zero-order chi connectivity index (χ0) is 22.2. The number of carbonyl (C=O) groups excluding carboxylic acids is 1. The van der Waals surface area contributed by atoms with Gasteiger partial charge in [-0.3, -0.25) is 9.52 Å². The van der Waals surface area contributed by atoms with Crippen LogP contribution in [0.15, 0.2) is 57.9 Å². The Labute approximate surface area is 180 Å². The topological polar surface area (TPSA) is 140 Å². The van der Waals surface area contributed by atoms with Crippen LogP contribution in [0.2, 0.25) is 0 Å². The smallest absolute Gasteiger partial charge is 0.261 e. The molecule has 1 aliphatic rings. The minimum absolute atomic E-state index is 0.0219. The second kappa shape index (κ2) is 7.78. The van der Waals surface area contributed by atoms with E-state index in [9.17, 15) is 13.2 Å². The van der Waals surface area contributed by atoms with Crippen molar-refractivity contribution in [1.82, 2.24) is 10.1 Å². The Kier molecular flexibility index (Phi) is 5.28. The van der Waals surface area contributed by atoms with Gasteiger partial charge in [-0.1, -0.05) is 24.2 Å². The highest BCUT2D eigenvalue weighted by Gasteiger charge is 2.44. The van der Waals surface area contributed by atoms with E-state index >= 15 is 0 Å². The van der Waals surface area contributed by atoms with Crippen LogP contribution in [0.5, 0.6) is 0 Å². The average molecular weight is 442 g/mol. The number of amides is 1. The Hall–Kier alpha value is -3.24. The molecule has 1 aliphatic carbocycles. The summed E-state index contributed by atoms with van der Waals surface area (Å²) in [7, 11) is -3.85. The zero-order valence-corrected chi connectivity index (χ0v) is 17.9. The number of hydrogen-bond donors (Lipinski definition) is 3. The molecule has 1 amide bonds. The lowest BCUT2D eigenvalue weighted by Gasteiger charge is -2.12. The SMILES string of the molecule is CC(N)c1nc(-c2cccc(S(=O)(=O)Nc3ccc(NC(=O)C4(C)CC4)cc3)c2)no1. The molecule has 0 spiro atoms. The van der Waals surface area contributed by atoms with Crippen LogP contribution in [-0.2, 0) is 14.8 Å². The molecule has 162 valence electrons. The van der Waals surface area contributed by atoms with Crippen molar-refractivity contribution < 1.29 is 17.7 Å². The van der Waals surface area contributed by atoms with Crippen molar-refractivity contribution in [3.8, 4) is 11.4 Å². The number of nitrogens with zero attached hydrogens (tertiary/aromatic N) is 2. The molecule has 1 saturated carbocycles. The van der Waals surface area contributed by atoms with Crippen LogP contribution in [0.25, 0.3) is 11.4 Å². The van der Waals surface area contributed by atoms with Gasteiger partial charge in [-0.15, -0.1) is 0 Å². The lowest BCUT2D eigenvalue weighted by atomic mass is 10.1. The number of carbonyl (C=O) groups is 1. The third kappa shape index (κ3) is 4.59. The normalized spacial score (nSPS) is 15.8. The van der Waals surface area contributed by atoms with Gasteiger partial charge in [0.25, 0.3) is 10.0 Å². The van der Waals surface area contributed by atoms with Crippen LogP contribution in [0, 0.1) is 5.41 Å². The van der Waals surface area contributed by atoms with Gasteiger partial charge in [-0.25, -0.2) is 8.42 Å². The van der Waals surface area contributed by atoms with Crippen LogP contribution in [-0.4, -0.2) is 24.5 Å². The summed E-state index contributed by atoms with van der Waals surface area (Å²) in [6, 6.07) is 12.3. The molecule has 1 fully saturated rings. The quantitative estimate of drug-likeness (QED) is 0.511. The van der Waals surface area contributed by atoms with E-state index in [1.807, 2.05) is 6.92 Å². The first kappa shape index (κ1) is 21.0. The first-order chi connectivity index (χ1) is 14.7. The van der Waals surface area contributed by atoms with Crippen LogP contribution >= 0.6 is 0 Å². The molecule has 4 rings (SSSR count). The summed E-state index contributed by atoms with van der Waals surface area (Å²) in [5, 5.41) is 6.71. The maximum atomic E-state index is 12.8. The summed E-state index contributed by atoms with van der Waals surface area (Å²) in [6.07, 6.45) is 1.76. The van der Waals surface area contributed by atoms with E-state index in [1.54, 1.807) is 43.3 Å². The average Bonchev–Trinajstić information content (AvgIpc) is 3.29. The monoisotopic (exact) mass is 441 g/mol. The van der Waals surface area contributed by atoms with Crippen LogP contribution < -0.4 is 15.8 Å². The van der Waals surface area contributed by atoms with E-state index in [0.29, 0.717) is 16.9 Å². The molecule has 0 radical (unpaired) electrons. The molecular formula is C21H23N5O4S.